The van der Waals surface area contributed by atoms with Gasteiger partial charge in [-0.15, -0.1) is 0 Å². The summed E-state index contributed by atoms with van der Waals surface area (Å²) in [5.41, 5.74) is 3.16. The van der Waals surface area contributed by atoms with Crippen LogP contribution in [0.5, 0.6) is 0 Å². The van der Waals surface area contributed by atoms with E-state index in [0.29, 0.717) is 16.8 Å². The number of hydrogen-bond acceptors (Lipinski definition) is 4. The van der Waals surface area contributed by atoms with Crippen molar-refractivity contribution < 1.29 is 18.7 Å². The fourth-order valence-electron chi connectivity index (χ4n) is 3.28. The predicted octanol–water partition coefficient (Wildman–Crippen LogP) is 3.55. The lowest BCUT2D eigenvalue weighted by Crippen LogP contribution is -2.33. The zero-order valence-electron chi connectivity index (χ0n) is 15.5. The van der Waals surface area contributed by atoms with Crippen molar-refractivity contribution >= 4 is 23.3 Å². The molecule has 1 N–H and O–H groups in total. The highest BCUT2D eigenvalue weighted by atomic mass is 19.1. The van der Waals surface area contributed by atoms with Crippen molar-refractivity contribution in [3.05, 3.63) is 54.2 Å². The van der Waals surface area contributed by atoms with Crippen LogP contribution in [0.4, 0.5) is 14.9 Å². The highest BCUT2D eigenvalue weighted by molar-refractivity contribution is 5.90. The molecule has 152 valence electrons. The van der Waals surface area contributed by atoms with Crippen LogP contribution in [-0.4, -0.2) is 40.6 Å². The van der Waals surface area contributed by atoms with Crippen molar-refractivity contribution in [3.8, 4) is 11.1 Å². The van der Waals surface area contributed by atoms with Gasteiger partial charge in [0.25, 0.3) is 0 Å². The molecule has 0 saturated carbocycles. The summed E-state index contributed by atoms with van der Waals surface area (Å²) in [4.78, 5) is 28.9. The van der Waals surface area contributed by atoms with Gasteiger partial charge >= 0.3 is 6.09 Å². The maximum Gasteiger partial charge on any atom is 0.414 e. The quantitative estimate of drug-likeness (QED) is 0.729. The summed E-state index contributed by atoms with van der Waals surface area (Å²) in [6.07, 6.45) is 2.71. The van der Waals surface area contributed by atoms with Gasteiger partial charge < -0.3 is 14.5 Å². The number of carbonyl (C=O) groups is 2. The number of pyridine rings is 1. The first-order chi connectivity index (χ1) is 13.4. The van der Waals surface area contributed by atoms with E-state index in [0.717, 1.165) is 11.3 Å². The maximum atomic E-state index is 14.8. The molecule has 0 spiro atoms. The number of cyclic esters (lactones) is 1. The number of imidazole rings is 1. The number of anilines is 1. The van der Waals surface area contributed by atoms with Crippen LogP contribution in [0.3, 0.4) is 0 Å². The van der Waals surface area contributed by atoms with Crippen LogP contribution in [0.2, 0.25) is 0 Å². The molecule has 1 aromatic carbocycles. The molecule has 0 unspecified atom stereocenters. The molecular formula is C21H23FN4O3. The van der Waals surface area contributed by atoms with Gasteiger partial charge in [-0.05, 0) is 42.8 Å². The Morgan fingerprint density at radius 3 is 2.86 bits per heavy atom. The monoisotopic (exact) mass is 398 g/mol. The third-order valence-corrected chi connectivity index (χ3v) is 4.61. The molecule has 1 fully saturated rings. The number of carbonyl (C=O) groups excluding carboxylic acids is 2. The number of hydrogen-bond donors (Lipinski definition) is 1. The van der Waals surface area contributed by atoms with Crippen molar-refractivity contribution in [3.63, 3.8) is 0 Å². The second-order valence-electron chi connectivity index (χ2n) is 6.78. The third kappa shape index (κ3) is 4.06. The first-order valence-corrected chi connectivity index (χ1v) is 8.88. The molecule has 1 atom stereocenters. The van der Waals surface area contributed by atoms with Gasteiger partial charge in [-0.3, -0.25) is 9.69 Å². The second kappa shape index (κ2) is 7.90. The number of rotatable bonds is 4. The van der Waals surface area contributed by atoms with Crippen molar-refractivity contribution in [2.24, 2.45) is 0 Å². The van der Waals surface area contributed by atoms with Crippen LogP contribution in [-0.2, 0) is 9.53 Å². The molecule has 2 amide bonds. The Morgan fingerprint density at radius 2 is 2.14 bits per heavy atom. The molecule has 0 bridgehead atoms. The number of fused-ring (bicyclic) bond motifs is 1. The molecule has 1 aliphatic rings. The van der Waals surface area contributed by atoms with Crippen molar-refractivity contribution in [1.82, 2.24) is 14.7 Å². The highest BCUT2D eigenvalue weighted by Crippen LogP contribution is 2.29. The molecule has 29 heavy (non-hydrogen) atoms. The highest BCUT2D eigenvalue weighted by Gasteiger charge is 2.32. The zero-order chi connectivity index (χ0) is 19.8. The van der Waals surface area contributed by atoms with E-state index in [2.05, 4.69) is 10.3 Å². The van der Waals surface area contributed by atoms with Gasteiger partial charge in [0.1, 0.15) is 17.6 Å². The SMILES string of the molecule is C.CC(=O)NC[C@H]1CN(c2ccc(-c3ccn4cc(C)nc4c3)c(F)c2)C(=O)O1. The Hall–Kier alpha value is -3.42. The molecule has 0 radical (unpaired) electrons. The molecule has 4 rings (SSSR count). The third-order valence-electron chi connectivity index (χ3n) is 4.61. The van der Waals surface area contributed by atoms with Crippen LogP contribution >= 0.6 is 0 Å². The Bertz CT molecular complexity index is 1080. The van der Waals surface area contributed by atoms with Gasteiger partial charge in [0.05, 0.1) is 24.5 Å². The van der Waals surface area contributed by atoms with Gasteiger partial charge in [0.15, 0.2) is 0 Å². The molecule has 1 saturated heterocycles. The van der Waals surface area contributed by atoms with Gasteiger partial charge in [-0.1, -0.05) is 7.43 Å². The smallest absolute Gasteiger partial charge is 0.414 e. The van der Waals surface area contributed by atoms with E-state index in [1.165, 1.54) is 17.9 Å². The number of nitrogens with zero attached hydrogens (tertiary/aromatic N) is 3. The number of halogens is 1. The van der Waals surface area contributed by atoms with E-state index < -0.39 is 18.0 Å². The van der Waals surface area contributed by atoms with E-state index in [9.17, 15) is 14.0 Å². The average molecular weight is 398 g/mol. The van der Waals surface area contributed by atoms with Crippen molar-refractivity contribution in [2.45, 2.75) is 27.4 Å². The first-order valence-electron chi connectivity index (χ1n) is 8.88. The summed E-state index contributed by atoms with van der Waals surface area (Å²) >= 11 is 0. The standard InChI is InChI=1S/C20H19FN4O3.CH4/c1-12-10-24-6-5-14(7-19(24)23-12)17-4-3-15(8-18(17)21)25-11-16(28-20(25)27)9-22-13(2)26;/h3-8,10,16H,9,11H2,1-2H3,(H,22,26);1H4/t16-;/m0./s1. The van der Waals surface area contributed by atoms with E-state index >= 15 is 0 Å². The summed E-state index contributed by atoms with van der Waals surface area (Å²) in [6, 6.07) is 8.28. The number of benzene rings is 1. The van der Waals surface area contributed by atoms with Crippen LogP contribution < -0.4 is 10.2 Å². The molecule has 3 heterocycles. The Balaban J connectivity index is 0.00000240. The molecule has 7 nitrogen and oxygen atoms in total. The van der Waals surface area contributed by atoms with E-state index in [1.54, 1.807) is 12.1 Å². The lowest BCUT2D eigenvalue weighted by molar-refractivity contribution is -0.119. The van der Waals surface area contributed by atoms with Crippen LogP contribution in [0, 0.1) is 12.7 Å². The first kappa shape index (κ1) is 20.3. The maximum absolute atomic E-state index is 14.8. The van der Waals surface area contributed by atoms with Crippen LogP contribution in [0.1, 0.15) is 20.0 Å². The number of nitrogens with one attached hydrogen (secondary N) is 1. The molecule has 8 heteroatoms. The summed E-state index contributed by atoms with van der Waals surface area (Å²) in [5, 5.41) is 2.61. The summed E-state index contributed by atoms with van der Waals surface area (Å²) in [5.74, 6) is -0.641. The minimum atomic E-state index is -0.559. The second-order valence-corrected chi connectivity index (χ2v) is 6.78. The minimum Gasteiger partial charge on any atom is -0.442 e. The number of ether oxygens (including phenoxy) is 1. The van der Waals surface area contributed by atoms with Crippen LogP contribution in [0.25, 0.3) is 16.8 Å². The zero-order valence-corrected chi connectivity index (χ0v) is 15.5. The molecule has 3 aromatic rings. The molecular weight excluding hydrogens is 375 g/mol. The fraction of sp³-hybridized carbons (Fsp3) is 0.286. The Labute approximate surface area is 168 Å². The van der Waals surface area contributed by atoms with Gasteiger partial charge in [-0.2, -0.15) is 0 Å². The lowest BCUT2D eigenvalue weighted by Gasteiger charge is -2.14. The number of amides is 2. The fourth-order valence-corrected chi connectivity index (χ4v) is 3.28. The minimum absolute atomic E-state index is 0. The predicted molar refractivity (Wildman–Crippen MR) is 108 cm³/mol. The van der Waals surface area contributed by atoms with Crippen molar-refractivity contribution in [1.29, 1.82) is 0 Å². The topological polar surface area (TPSA) is 75.9 Å². The van der Waals surface area contributed by atoms with Crippen molar-refractivity contribution in [2.75, 3.05) is 18.0 Å². The summed E-state index contributed by atoms with van der Waals surface area (Å²) < 4.78 is 21.9. The largest absolute Gasteiger partial charge is 0.442 e. The van der Waals surface area contributed by atoms with E-state index in [-0.39, 0.29) is 26.4 Å². The van der Waals surface area contributed by atoms with E-state index in [4.69, 9.17) is 4.74 Å². The molecule has 0 aliphatic carbocycles. The van der Waals surface area contributed by atoms with Gasteiger partial charge in [0.2, 0.25) is 5.91 Å². The summed E-state index contributed by atoms with van der Waals surface area (Å²) in [7, 11) is 0. The number of aryl methyl sites for hydroxylation is 1. The Morgan fingerprint density at radius 1 is 1.34 bits per heavy atom. The van der Waals surface area contributed by atoms with Gasteiger partial charge in [0, 0.05) is 24.9 Å². The Kier molecular flexibility index (Phi) is 5.54. The molecule has 2 aromatic heterocycles. The van der Waals surface area contributed by atoms with E-state index in [1.807, 2.05) is 35.9 Å². The summed E-state index contributed by atoms with van der Waals surface area (Å²) in [6.45, 7) is 3.76. The lowest BCUT2D eigenvalue weighted by atomic mass is 10.1. The number of aromatic nitrogens is 2. The normalized spacial score (nSPS) is 15.9. The van der Waals surface area contributed by atoms with Crippen LogP contribution in [0.15, 0.2) is 42.7 Å². The molecule has 1 aliphatic heterocycles. The average Bonchev–Trinajstić information content (AvgIpc) is 3.20. The van der Waals surface area contributed by atoms with Gasteiger partial charge in [-0.25, -0.2) is 14.2 Å².